The minimum absolute atomic E-state index is 0. The van der Waals surface area contributed by atoms with E-state index in [9.17, 15) is 59.9 Å². The number of amides is 5. The van der Waals surface area contributed by atoms with Crippen molar-refractivity contribution in [3.63, 3.8) is 0 Å². The predicted octanol–water partition coefficient (Wildman–Crippen LogP) is 6.41. The summed E-state index contributed by atoms with van der Waals surface area (Å²) < 4.78 is 87.2. The average molecular weight is 1130 g/mol. The van der Waals surface area contributed by atoms with E-state index in [1.165, 1.54) is 33.3 Å². The highest BCUT2D eigenvalue weighted by Gasteiger charge is 2.37. The molecule has 412 valence electrons. The summed E-state index contributed by atoms with van der Waals surface area (Å²) in [4.78, 5) is 88.5. The first-order valence-electron chi connectivity index (χ1n) is 23.3. The Labute approximate surface area is 448 Å². The number of hydrogen-bond donors (Lipinski definition) is 6. The van der Waals surface area contributed by atoms with Gasteiger partial charge in [0.1, 0.15) is 17.2 Å². The first kappa shape index (κ1) is 62.0. The van der Waals surface area contributed by atoms with Crippen LogP contribution in [0.5, 0.6) is 0 Å². The average Bonchev–Trinajstić information content (AvgIpc) is 4.03. The monoisotopic (exact) mass is 1130 g/mol. The fraction of sp³-hybridized carbons (Fsp3) is 0.392. The van der Waals surface area contributed by atoms with Crippen LogP contribution in [0.1, 0.15) is 67.0 Å². The summed E-state index contributed by atoms with van der Waals surface area (Å²) >= 11 is 2.56. The van der Waals surface area contributed by atoms with E-state index in [0.29, 0.717) is 47.4 Å². The van der Waals surface area contributed by atoms with E-state index >= 15 is 0 Å². The van der Waals surface area contributed by atoms with Crippen LogP contribution in [0, 0.1) is 34.9 Å². The first-order valence-corrected chi connectivity index (χ1v) is 25.4. The topological polar surface area (TPSA) is 238 Å². The number of rotatable bonds is 19. The van der Waals surface area contributed by atoms with Crippen LogP contribution < -0.4 is 21.7 Å². The third kappa shape index (κ3) is 19.3. The molecule has 2 fully saturated rings. The van der Waals surface area contributed by atoms with Gasteiger partial charge in [-0.05, 0) is 79.1 Å². The zero-order valence-electron chi connectivity index (χ0n) is 41.3. The van der Waals surface area contributed by atoms with Gasteiger partial charge in [0.2, 0.25) is 11.8 Å². The van der Waals surface area contributed by atoms with Gasteiger partial charge in [-0.25, -0.2) is 31.1 Å². The Kier molecular flexibility index (Phi) is 23.3. The number of carbonyl (C=O) groups excluding carboxylic acids is 5. The maximum Gasteiger partial charge on any atom is 0.407 e. The molecular formula is C51H57ClF6N6O10S2. The molecule has 25 heteroatoms. The summed E-state index contributed by atoms with van der Waals surface area (Å²) in [5, 5.41) is 24.2. The number of benzene rings is 4. The Balaban J connectivity index is 0.000000330. The van der Waals surface area contributed by atoms with Crippen LogP contribution in [0.3, 0.4) is 0 Å². The smallest absolute Gasteiger partial charge is 0.407 e. The van der Waals surface area contributed by atoms with Crippen molar-refractivity contribution < 1.29 is 74.9 Å². The molecule has 5 amide bonds. The molecule has 6 rings (SSSR count). The van der Waals surface area contributed by atoms with Crippen molar-refractivity contribution in [2.24, 2.45) is 5.73 Å². The molecule has 7 N–H and O–H groups in total. The highest BCUT2D eigenvalue weighted by atomic mass is 35.5. The number of hydrogen-bond acceptors (Lipinski definition) is 11. The number of aliphatic carboxylic acids is 2. The molecule has 0 bridgehead atoms. The highest BCUT2D eigenvalue weighted by Crippen LogP contribution is 2.28. The molecule has 2 heterocycles. The molecule has 2 aliphatic rings. The van der Waals surface area contributed by atoms with Gasteiger partial charge in [0.05, 0.1) is 12.8 Å². The molecule has 4 aromatic rings. The van der Waals surface area contributed by atoms with E-state index in [4.69, 9.17) is 20.7 Å². The molecule has 2 unspecified atom stereocenters. The third-order valence-electron chi connectivity index (χ3n) is 11.3. The van der Waals surface area contributed by atoms with Gasteiger partial charge in [-0.3, -0.25) is 28.8 Å². The second kappa shape index (κ2) is 28.6. The Hall–Kier alpha value is -6.50. The van der Waals surface area contributed by atoms with Crippen LogP contribution in [0.25, 0.3) is 0 Å². The Morgan fingerprint density at radius 1 is 0.618 bits per heavy atom. The van der Waals surface area contributed by atoms with Gasteiger partial charge in [-0.1, -0.05) is 48.5 Å². The zero-order valence-corrected chi connectivity index (χ0v) is 43.8. The van der Waals surface area contributed by atoms with Crippen LogP contribution in [0.15, 0.2) is 72.8 Å². The SMILES string of the molecule is CC(C)(C)OC(=O)N[C@@H](CC(=O)N1CCSC1C(=O)NCc1ccc(CC(=O)O)cc1)Cc1cc(F)c(F)cc1F.Cl.N[C@@H](CC(=O)N1CCSC1C(=O)NCc1ccc(CC(=O)O)cc1)Cc1cc(F)c(F)cc1F. The second-order valence-electron chi connectivity index (χ2n) is 18.5. The van der Waals surface area contributed by atoms with Gasteiger partial charge in [-0.15, -0.1) is 35.9 Å². The van der Waals surface area contributed by atoms with Crippen molar-refractivity contribution in [2.75, 3.05) is 24.6 Å². The van der Waals surface area contributed by atoms with E-state index < -0.39 is 99.1 Å². The molecule has 0 saturated carbocycles. The van der Waals surface area contributed by atoms with Crippen molar-refractivity contribution in [3.05, 3.63) is 141 Å². The van der Waals surface area contributed by atoms with Gasteiger partial charge in [0.15, 0.2) is 34.0 Å². The van der Waals surface area contributed by atoms with Crippen LogP contribution in [0.4, 0.5) is 31.1 Å². The number of halogens is 7. The standard InChI is InChI=1S/C28H32F3N3O6S.C23H24F3N3O4S.ClH/c1-28(2,3)40-27(39)33-19(11-18-12-21(30)22(31)14-20(18)29)13-23(35)34-8-9-41-26(34)25(38)32-15-17-6-4-16(5-7-17)10-24(36)37;24-17-11-19(26)18(25)9-15(17)8-16(27)10-20(30)29-5-6-34-23(29)22(33)28-12-14-3-1-13(2-4-14)7-21(31)32;/h4-7,12,14,19,26H,8-11,13,15H2,1-3H3,(H,32,38)(H,33,39)(H,36,37);1-4,9,11,16,23H,5-8,10,12,27H2,(H,28,33)(H,31,32);1H/t19-,26?;16-,23?;/m11./s1. The minimum atomic E-state index is -1.36. The van der Waals surface area contributed by atoms with E-state index in [2.05, 4.69) is 16.0 Å². The molecular weight excluding hydrogens is 1070 g/mol. The molecule has 4 atom stereocenters. The maximum absolute atomic E-state index is 14.4. The molecule has 2 saturated heterocycles. The Morgan fingerprint density at radius 2 is 1.00 bits per heavy atom. The van der Waals surface area contributed by atoms with Crippen molar-refractivity contribution >= 4 is 77.6 Å². The Morgan fingerprint density at radius 3 is 1.41 bits per heavy atom. The number of carboxylic acids is 2. The number of ether oxygens (including phenoxy) is 1. The highest BCUT2D eigenvalue weighted by molar-refractivity contribution is 8.01. The summed E-state index contributed by atoms with van der Waals surface area (Å²) in [6, 6.07) is 13.9. The molecule has 0 aromatic heterocycles. The van der Waals surface area contributed by atoms with E-state index in [-0.39, 0.29) is 87.6 Å². The van der Waals surface area contributed by atoms with Gasteiger partial charge in [0.25, 0.3) is 11.8 Å². The van der Waals surface area contributed by atoms with Crippen LogP contribution >= 0.6 is 35.9 Å². The quantitative estimate of drug-likeness (QED) is 0.0441. The van der Waals surface area contributed by atoms with Gasteiger partial charge < -0.3 is 46.4 Å². The third-order valence-corrected chi connectivity index (χ3v) is 13.7. The summed E-state index contributed by atoms with van der Waals surface area (Å²) in [7, 11) is 0. The van der Waals surface area contributed by atoms with E-state index in [1.807, 2.05) is 0 Å². The normalized spacial score (nSPS) is 15.8. The number of carboxylic acid groups (broad SMARTS) is 2. The molecule has 16 nitrogen and oxygen atoms in total. The van der Waals surface area contributed by atoms with E-state index in [1.54, 1.807) is 69.3 Å². The van der Waals surface area contributed by atoms with Crippen molar-refractivity contribution in [2.45, 2.75) is 101 Å². The maximum atomic E-state index is 14.4. The van der Waals surface area contributed by atoms with Crippen molar-refractivity contribution in [1.82, 2.24) is 25.8 Å². The van der Waals surface area contributed by atoms with Crippen LogP contribution in [0.2, 0.25) is 0 Å². The molecule has 2 aliphatic heterocycles. The second-order valence-corrected chi connectivity index (χ2v) is 20.8. The summed E-state index contributed by atoms with van der Waals surface area (Å²) in [6.07, 6.45) is -2.12. The lowest BCUT2D eigenvalue weighted by Crippen LogP contribution is -2.48. The number of nitrogens with two attached hydrogens (primary N) is 1. The molecule has 0 aliphatic carbocycles. The molecule has 76 heavy (non-hydrogen) atoms. The van der Waals surface area contributed by atoms with Gasteiger partial charge in [-0.2, -0.15) is 0 Å². The number of alkyl carbamates (subject to hydrolysis) is 1. The summed E-state index contributed by atoms with van der Waals surface area (Å²) in [5.41, 5.74) is 7.51. The number of nitrogens with one attached hydrogen (secondary N) is 3. The van der Waals surface area contributed by atoms with Crippen molar-refractivity contribution in [1.29, 1.82) is 0 Å². The molecule has 0 spiro atoms. The number of nitrogens with zero attached hydrogens (tertiary/aromatic N) is 2. The lowest BCUT2D eigenvalue weighted by atomic mass is 10.0. The van der Waals surface area contributed by atoms with Crippen LogP contribution in [-0.2, 0) is 72.3 Å². The Bertz CT molecular complexity index is 2730. The fourth-order valence-electron chi connectivity index (χ4n) is 7.72. The fourth-order valence-corrected chi connectivity index (χ4v) is 10.0. The number of carbonyl (C=O) groups is 7. The largest absolute Gasteiger partial charge is 0.481 e. The summed E-state index contributed by atoms with van der Waals surface area (Å²) in [5.74, 6) is -9.61. The summed E-state index contributed by atoms with van der Waals surface area (Å²) in [6.45, 7) is 5.87. The zero-order chi connectivity index (χ0) is 55.1. The predicted molar refractivity (Wildman–Crippen MR) is 273 cm³/mol. The van der Waals surface area contributed by atoms with E-state index in [0.717, 1.165) is 17.2 Å². The first-order chi connectivity index (χ1) is 35.3. The molecule has 0 radical (unpaired) electrons. The molecule has 4 aromatic carbocycles. The minimum Gasteiger partial charge on any atom is -0.481 e. The van der Waals surface area contributed by atoms with Gasteiger partial charge >= 0.3 is 18.0 Å². The lowest BCUT2D eigenvalue weighted by Gasteiger charge is -2.27. The van der Waals surface area contributed by atoms with Crippen molar-refractivity contribution in [3.8, 4) is 0 Å². The number of thioether (sulfide) groups is 2. The van der Waals surface area contributed by atoms with Gasteiger partial charge in [0, 0.05) is 74.7 Å². The van der Waals surface area contributed by atoms with Crippen LogP contribution in [-0.4, -0.2) is 115 Å². The lowest BCUT2D eigenvalue weighted by molar-refractivity contribution is -0.137.